The highest BCUT2D eigenvalue weighted by Gasteiger charge is 2.04. The Kier molecular flexibility index (Phi) is 4.99. The molecule has 2 aromatic rings. The van der Waals surface area contributed by atoms with Crippen molar-refractivity contribution in [2.75, 3.05) is 0 Å². The summed E-state index contributed by atoms with van der Waals surface area (Å²) in [6, 6.07) is 18.6. The predicted octanol–water partition coefficient (Wildman–Crippen LogP) is 3.76. The Morgan fingerprint density at radius 1 is 0.895 bits per heavy atom. The Hall–Kier alpha value is -1.80. The average molecular weight is 255 g/mol. The van der Waals surface area contributed by atoms with Gasteiger partial charge in [-0.15, -0.1) is 0 Å². The van der Waals surface area contributed by atoms with E-state index in [1.807, 2.05) is 38.1 Å². The molecule has 0 radical (unpaired) electrons. The molecule has 100 valence electrons. The summed E-state index contributed by atoms with van der Waals surface area (Å²) in [5.74, 6) is 0.970. The Morgan fingerprint density at radius 3 is 2.32 bits per heavy atom. The van der Waals surface area contributed by atoms with Crippen molar-refractivity contribution in [3.63, 3.8) is 0 Å². The topological polar surface area (TPSA) is 21.3 Å². The van der Waals surface area contributed by atoms with Crippen LogP contribution in [0.2, 0.25) is 0 Å². The maximum Gasteiger partial charge on any atom is 0.124 e. The molecule has 1 N–H and O–H groups in total. The summed E-state index contributed by atoms with van der Waals surface area (Å²) in [4.78, 5) is 0. The second kappa shape index (κ2) is 6.95. The number of benzene rings is 2. The molecule has 0 amide bonds. The molecule has 0 saturated carbocycles. The first-order valence-corrected chi connectivity index (χ1v) is 6.75. The number of para-hydroxylation sites is 1. The molecular weight excluding hydrogens is 234 g/mol. The number of hydrogen-bond acceptors (Lipinski definition) is 2. The van der Waals surface area contributed by atoms with Crippen molar-refractivity contribution in [2.45, 2.75) is 33.0 Å². The second-order valence-corrected chi connectivity index (χ2v) is 4.86. The van der Waals surface area contributed by atoms with Crippen LogP contribution in [-0.2, 0) is 13.1 Å². The zero-order valence-corrected chi connectivity index (χ0v) is 11.6. The van der Waals surface area contributed by atoms with Crippen LogP contribution in [0.5, 0.6) is 5.75 Å². The Bertz CT molecular complexity index is 494. The Balaban J connectivity index is 1.92. The van der Waals surface area contributed by atoms with E-state index in [2.05, 4.69) is 35.6 Å². The molecule has 0 heterocycles. The van der Waals surface area contributed by atoms with Crippen molar-refractivity contribution in [3.8, 4) is 5.75 Å². The summed E-state index contributed by atoms with van der Waals surface area (Å²) < 4.78 is 5.81. The van der Waals surface area contributed by atoms with Gasteiger partial charge in [-0.25, -0.2) is 0 Å². The van der Waals surface area contributed by atoms with Gasteiger partial charge in [0.25, 0.3) is 0 Å². The molecule has 0 unspecified atom stereocenters. The van der Waals surface area contributed by atoms with Gasteiger partial charge in [-0.3, -0.25) is 0 Å². The van der Waals surface area contributed by atoms with Crippen LogP contribution in [0.3, 0.4) is 0 Å². The molecule has 0 bridgehead atoms. The third-order valence-electron chi connectivity index (χ3n) is 2.82. The lowest BCUT2D eigenvalue weighted by Crippen LogP contribution is -2.15. The van der Waals surface area contributed by atoms with Crippen LogP contribution in [0, 0.1) is 0 Å². The van der Waals surface area contributed by atoms with Crippen molar-refractivity contribution < 1.29 is 4.74 Å². The number of ether oxygens (including phenoxy) is 1. The molecular formula is C17H21NO. The second-order valence-electron chi connectivity index (χ2n) is 4.86. The van der Waals surface area contributed by atoms with Crippen LogP contribution in [0.1, 0.15) is 25.0 Å². The van der Waals surface area contributed by atoms with Crippen molar-refractivity contribution in [2.24, 2.45) is 0 Å². The van der Waals surface area contributed by atoms with Crippen molar-refractivity contribution in [1.82, 2.24) is 5.32 Å². The van der Waals surface area contributed by atoms with Gasteiger partial charge in [0, 0.05) is 18.7 Å². The van der Waals surface area contributed by atoms with E-state index < -0.39 is 0 Å². The fraction of sp³-hybridized carbons (Fsp3) is 0.294. The van der Waals surface area contributed by atoms with Gasteiger partial charge in [0.05, 0.1) is 6.10 Å². The maximum atomic E-state index is 5.81. The molecule has 0 aliphatic carbocycles. The van der Waals surface area contributed by atoms with Gasteiger partial charge in [-0.05, 0) is 25.5 Å². The van der Waals surface area contributed by atoms with Crippen LogP contribution in [0.25, 0.3) is 0 Å². The van der Waals surface area contributed by atoms with E-state index in [0.29, 0.717) is 0 Å². The van der Waals surface area contributed by atoms with Crippen LogP contribution in [0.15, 0.2) is 54.6 Å². The first-order valence-electron chi connectivity index (χ1n) is 6.75. The molecule has 2 heteroatoms. The van der Waals surface area contributed by atoms with E-state index in [1.165, 1.54) is 11.1 Å². The van der Waals surface area contributed by atoms with Crippen LogP contribution >= 0.6 is 0 Å². The SMILES string of the molecule is CC(C)Oc1ccccc1CNCc1ccccc1. The highest BCUT2D eigenvalue weighted by atomic mass is 16.5. The van der Waals surface area contributed by atoms with Gasteiger partial charge in [0.15, 0.2) is 0 Å². The maximum absolute atomic E-state index is 5.81. The van der Waals surface area contributed by atoms with Gasteiger partial charge in [-0.2, -0.15) is 0 Å². The minimum absolute atomic E-state index is 0.204. The monoisotopic (exact) mass is 255 g/mol. The van der Waals surface area contributed by atoms with Crippen molar-refractivity contribution in [3.05, 3.63) is 65.7 Å². The first-order chi connectivity index (χ1) is 9.25. The first kappa shape index (κ1) is 13.6. The van der Waals surface area contributed by atoms with E-state index in [9.17, 15) is 0 Å². The summed E-state index contributed by atoms with van der Waals surface area (Å²) in [5.41, 5.74) is 2.50. The van der Waals surface area contributed by atoms with Crippen LogP contribution in [-0.4, -0.2) is 6.10 Å². The van der Waals surface area contributed by atoms with Crippen molar-refractivity contribution >= 4 is 0 Å². The van der Waals surface area contributed by atoms with Crippen LogP contribution in [0.4, 0.5) is 0 Å². The highest BCUT2D eigenvalue weighted by Crippen LogP contribution is 2.19. The van der Waals surface area contributed by atoms with Crippen LogP contribution < -0.4 is 10.1 Å². The fourth-order valence-electron chi connectivity index (χ4n) is 1.96. The summed E-state index contributed by atoms with van der Waals surface area (Å²) in [7, 11) is 0. The third-order valence-corrected chi connectivity index (χ3v) is 2.82. The third kappa shape index (κ3) is 4.42. The van der Waals surface area contributed by atoms with Gasteiger partial charge in [0.2, 0.25) is 0 Å². The normalized spacial score (nSPS) is 10.7. The van der Waals surface area contributed by atoms with E-state index in [4.69, 9.17) is 4.74 Å². The zero-order chi connectivity index (χ0) is 13.5. The molecule has 2 nitrogen and oxygen atoms in total. The Morgan fingerprint density at radius 2 is 1.58 bits per heavy atom. The van der Waals surface area contributed by atoms with Gasteiger partial charge < -0.3 is 10.1 Å². The molecule has 19 heavy (non-hydrogen) atoms. The minimum Gasteiger partial charge on any atom is -0.491 e. The van der Waals surface area contributed by atoms with E-state index in [0.717, 1.165) is 18.8 Å². The molecule has 0 saturated heterocycles. The largest absolute Gasteiger partial charge is 0.491 e. The lowest BCUT2D eigenvalue weighted by molar-refractivity contribution is 0.239. The summed E-state index contributed by atoms with van der Waals surface area (Å²) in [6.45, 7) is 5.79. The summed E-state index contributed by atoms with van der Waals surface area (Å²) >= 11 is 0. The summed E-state index contributed by atoms with van der Waals surface area (Å²) in [5, 5.41) is 3.45. The quantitative estimate of drug-likeness (QED) is 0.848. The molecule has 0 aliphatic heterocycles. The van der Waals surface area contributed by atoms with E-state index in [-0.39, 0.29) is 6.10 Å². The molecule has 2 rings (SSSR count). The molecule has 0 fully saturated rings. The predicted molar refractivity (Wildman–Crippen MR) is 79.2 cm³/mol. The molecule has 0 spiro atoms. The number of hydrogen-bond donors (Lipinski definition) is 1. The number of rotatable bonds is 6. The van der Waals surface area contributed by atoms with Gasteiger partial charge in [0.1, 0.15) is 5.75 Å². The lowest BCUT2D eigenvalue weighted by Gasteiger charge is -2.14. The fourth-order valence-corrected chi connectivity index (χ4v) is 1.96. The average Bonchev–Trinajstić information content (AvgIpc) is 2.41. The molecule has 0 aromatic heterocycles. The Labute approximate surface area is 115 Å². The minimum atomic E-state index is 0.204. The zero-order valence-electron chi connectivity index (χ0n) is 11.6. The standard InChI is InChI=1S/C17H21NO/c1-14(2)19-17-11-7-6-10-16(17)13-18-12-15-8-4-3-5-9-15/h3-11,14,18H,12-13H2,1-2H3. The highest BCUT2D eigenvalue weighted by molar-refractivity contribution is 5.33. The molecule has 0 aliphatic rings. The van der Waals surface area contributed by atoms with Crippen molar-refractivity contribution in [1.29, 1.82) is 0 Å². The van der Waals surface area contributed by atoms with E-state index >= 15 is 0 Å². The summed E-state index contributed by atoms with van der Waals surface area (Å²) in [6.07, 6.45) is 0.204. The molecule has 0 atom stereocenters. The smallest absolute Gasteiger partial charge is 0.124 e. The van der Waals surface area contributed by atoms with E-state index in [1.54, 1.807) is 0 Å². The number of nitrogens with one attached hydrogen (secondary N) is 1. The lowest BCUT2D eigenvalue weighted by atomic mass is 10.2. The van der Waals surface area contributed by atoms with Gasteiger partial charge in [-0.1, -0.05) is 48.5 Å². The molecule has 2 aromatic carbocycles. The van der Waals surface area contributed by atoms with Gasteiger partial charge >= 0.3 is 0 Å².